The molecule has 3 rings (SSSR count). The molecule has 150 valence electrons. The Balaban J connectivity index is 0.00000280. The van der Waals surface area contributed by atoms with Gasteiger partial charge in [-0.15, -0.1) is 24.0 Å². The van der Waals surface area contributed by atoms with E-state index in [9.17, 15) is 5.11 Å². The Morgan fingerprint density at radius 3 is 2.75 bits per heavy atom. The lowest BCUT2D eigenvalue weighted by molar-refractivity contribution is 0.410. The van der Waals surface area contributed by atoms with E-state index in [2.05, 4.69) is 51.9 Å². The number of halogens is 1. The first-order valence-corrected chi connectivity index (χ1v) is 8.98. The van der Waals surface area contributed by atoms with Gasteiger partial charge in [0.2, 0.25) is 0 Å². The summed E-state index contributed by atoms with van der Waals surface area (Å²) in [7, 11) is 3.34. The Morgan fingerprint density at radius 2 is 2.00 bits per heavy atom. The van der Waals surface area contributed by atoms with Crippen molar-refractivity contribution in [1.29, 1.82) is 0 Å². The number of nitrogens with one attached hydrogen (secondary N) is 3. The number of fused-ring (bicyclic) bond motifs is 1. The number of phenols is 1. The molecule has 0 fully saturated rings. The Bertz CT molecular complexity index is 953. The lowest BCUT2D eigenvalue weighted by Crippen LogP contribution is -2.37. The van der Waals surface area contributed by atoms with Gasteiger partial charge in [-0.05, 0) is 48.7 Å². The van der Waals surface area contributed by atoms with Gasteiger partial charge < -0.3 is 25.5 Å². The molecule has 0 spiro atoms. The molecule has 0 amide bonds. The predicted octanol–water partition coefficient (Wildman–Crippen LogP) is 3.72. The number of aromatic amines is 1. The molecule has 2 aromatic carbocycles. The largest absolute Gasteiger partial charge is 0.508 e. The smallest absolute Gasteiger partial charge is 0.191 e. The van der Waals surface area contributed by atoms with Crippen molar-refractivity contribution in [3.05, 3.63) is 59.3 Å². The van der Waals surface area contributed by atoms with Crippen molar-refractivity contribution < 1.29 is 9.84 Å². The number of methoxy groups -OCH3 is 1. The molecule has 1 heterocycles. The summed E-state index contributed by atoms with van der Waals surface area (Å²) in [6, 6.07) is 11.5. The lowest BCUT2D eigenvalue weighted by Gasteiger charge is -2.13. The van der Waals surface area contributed by atoms with Crippen molar-refractivity contribution in [3.63, 3.8) is 0 Å². The average molecular weight is 494 g/mol. The van der Waals surface area contributed by atoms with E-state index < -0.39 is 0 Å². The molecule has 0 aliphatic carbocycles. The molecule has 0 atom stereocenters. The Labute approximate surface area is 182 Å². The first-order valence-electron chi connectivity index (χ1n) is 8.98. The number of aliphatic imine (C=N–C) groups is 1. The Kier molecular flexibility index (Phi) is 7.98. The van der Waals surface area contributed by atoms with Crippen LogP contribution in [0.25, 0.3) is 10.9 Å². The van der Waals surface area contributed by atoms with E-state index in [0.29, 0.717) is 18.3 Å². The minimum Gasteiger partial charge on any atom is -0.508 e. The first-order chi connectivity index (χ1) is 13.1. The maximum atomic E-state index is 9.98. The molecule has 0 unspecified atom stereocenters. The normalized spacial score (nSPS) is 11.2. The van der Waals surface area contributed by atoms with E-state index in [1.165, 1.54) is 22.0 Å². The SMILES string of the molecule is CN=C(NCCc1c[nH]c2cccc(C)c12)NCc1cc(OC)ccc1O.I. The van der Waals surface area contributed by atoms with Gasteiger partial charge in [-0.1, -0.05) is 12.1 Å². The number of hydrogen-bond acceptors (Lipinski definition) is 3. The number of benzene rings is 2. The second-order valence-electron chi connectivity index (χ2n) is 6.41. The fourth-order valence-corrected chi connectivity index (χ4v) is 3.19. The van der Waals surface area contributed by atoms with Gasteiger partial charge >= 0.3 is 0 Å². The standard InChI is InChI=1S/C21H26N4O2.HI/c1-14-5-4-6-18-20(14)15(12-24-18)9-10-23-21(22-2)25-13-16-11-17(27-3)7-8-19(16)26;/h4-8,11-12,24,26H,9-10,13H2,1-3H3,(H2,22,23,25);1H. The van der Waals surface area contributed by atoms with Crippen LogP contribution >= 0.6 is 24.0 Å². The van der Waals surface area contributed by atoms with E-state index in [1.54, 1.807) is 26.3 Å². The van der Waals surface area contributed by atoms with Crippen LogP contribution in [0.5, 0.6) is 11.5 Å². The van der Waals surface area contributed by atoms with Crippen LogP contribution in [0, 0.1) is 6.92 Å². The van der Waals surface area contributed by atoms with Gasteiger partial charge in [0.1, 0.15) is 11.5 Å². The van der Waals surface area contributed by atoms with Crippen molar-refractivity contribution in [3.8, 4) is 11.5 Å². The van der Waals surface area contributed by atoms with E-state index in [1.807, 2.05) is 6.07 Å². The van der Waals surface area contributed by atoms with E-state index in [0.717, 1.165) is 18.5 Å². The van der Waals surface area contributed by atoms with Crippen LogP contribution in [0.2, 0.25) is 0 Å². The molecule has 4 N–H and O–H groups in total. The molecule has 7 heteroatoms. The molecule has 0 bridgehead atoms. The molecular weight excluding hydrogens is 467 g/mol. The lowest BCUT2D eigenvalue weighted by atomic mass is 10.1. The Hall–Kier alpha value is -2.42. The molecule has 3 aromatic rings. The molecule has 0 aliphatic heterocycles. The summed E-state index contributed by atoms with van der Waals surface area (Å²) in [6.07, 6.45) is 2.96. The molecule has 28 heavy (non-hydrogen) atoms. The number of aromatic nitrogens is 1. The van der Waals surface area contributed by atoms with Crippen molar-refractivity contribution in [1.82, 2.24) is 15.6 Å². The summed E-state index contributed by atoms with van der Waals surface area (Å²) in [6.45, 7) is 3.34. The molecule has 0 saturated carbocycles. The quantitative estimate of drug-likeness (QED) is 0.239. The summed E-state index contributed by atoms with van der Waals surface area (Å²) < 4.78 is 5.21. The number of H-pyrrole nitrogens is 1. The van der Waals surface area contributed by atoms with Gasteiger partial charge in [0.15, 0.2) is 5.96 Å². The van der Waals surface area contributed by atoms with Crippen molar-refractivity contribution in [2.24, 2.45) is 4.99 Å². The maximum Gasteiger partial charge on any atom is 0.191 e. The fourth-order valence-electron chi connectivity index (χ4n) is 3.19. The second kappa shape index (κ2) is 10.2. The van der Waals surface area contributed by atoms with Crippen LogP contribution in [0.3, 0.4) is 0 Å². The highest BCUT2D eigenvalue weighted by Gasteiger charge is 2.07. The molecular formula is C21H27IN4O2. The predicted molar refractivity (Wildman–Crippen MR) is 125 cm³/mol. The van der Waals surface area contributed by atoms with Gasteiger partial charge in [-0.2, -0.15) is 0 Å². The number of ether oxygens (including phenoxy) is 1. The van der Waals surface area contributed by atoms with Crippen molar-refractivity contribution in [2.75, 3.05) is 20.7 Å². The maximum absolute atomic E-state index is 9.98. The first kappa shape index (κ1) is 21.9. The molecule has 1 aromatic heterocycles. The van der Waals surface area contributed by atoms with Crippen molar-refractivity contribution >= 4 is 40.8 Å². The highest BCUT2D eigenvalue weighted by molar-refractivity contribution is 14.0. The fraction of sp³-hybridized carbons (Fsp3) is 0.286. The van der Waals surface area contributed by atoms with Crippen LogP contribution in [0.1, 0.15) is 16.7 Å². The minimum absolute atomic E-state index is 0. The highest BCUT2D eigenvalue weighted by Crippen LogP contribution is 2.23. The molecule has 0 aliphatic rings. The van der Waals surface area contributed by atoms with Crippen LogP contribution in [0.4, 0.5) is 0 Å². The van der Waals surface area contributed by atoms with Crippen LogP contribution < -0.4 is 15.4 Å². The van der Waals surface area contributed by atoms with Gasteiger partial charge in [0.05, 0.1) is 7.11 Å². The van der Waals surface area contributed by atoms with E-state index in [-0.39, 0.29) is 29.7 Å². The zero-order valence-electron chi connectivity index (χ0n) is 16.4. The number of phenolic OH excluding ortho intramolecular Hbond substituents is 1. The van der Waals surface area contributed by atoms with Crippen LogP contribution in [0.15, 0.2) is 47.6 Å². The van der Waals surface area contributed by atoms with Crippen LogP contribution in [-0.4, -0.2) is 36.8 Å². The summed E-state index contributed by atoms with van der Waals surface area (Å²) in [5.74, 6) is 1.63. The number of aryl methyl sites for hydroxylation is 1. The summed E-state index contributed by atoms with van der Waals surface area (Å²) in [5.41, 5.74) is 4.49. The summed E-state index contributed by atoms with van der Waals surface area (Å²) >= 11 is 0. The summed E-state index contributed by atoms with van der Waals surface area (Å²) in [5, 5.41) is 17.8. The average Bonchev–Trinajstić information content (AvgIpc) is 3.10. The third-order valence-electron chi connectivity index (χ3n) is 4.64. The molecule has 0 radical (unpaired) electrons. The number of aromatic hydroxyl groups is 1. The van der Waals surface area contributed by atoms with E-state index in [4.69, 9.17) is 4.74 Å². The Morgan fingerprint density at radius 1 is 1.18 bits per heavy atom. The molecule has 6 nitrogen and oxygen atoms in total. The third kappa shape index (κ3) is 5.09. The van der Waals surface area contributed by atoms with Gasteiger partial charge in [-0.3, -0.25) is 4.99 Å². The number of nitrogens with zero attached hydrogens (tertiary/aromatic N) is 1. The third-order valence-corrected chi connectivity index (χ3v) is 4.64. The number of guanidine groups is 1. The second-order valence-corrected chi connectivity index (χ2v) is 6.41. The topological polar surface area (TPSA) is 81.7 Å². The van der Waals surface area contributed by atoms with E-state index >= 15 is 0 Å². The van der Waals surface area contributed by atoms with Gasteiger partial charge in [0.25, 0.3) is 0 Å². The van der Waals surface area contributed by atoms with Crippen molar-refractivity contribution in [2.45, 2.75) is 19.9 Å². The van der Waals surface area contributed by atoms with Gasteiger partial charge in [0, 0.05) is 42.8 Å². The minimum atomic E-state index is 0. The zero-order valence-corrected chi connectivity index (χ0v) is 18.7. The van der Waals surface area contributed by atoms with Gasteiger partial charge in [-0.25, -0.2) is 0 Å². The number of hydrogen-bond donors (Lipinski definition) is 4. The highest BCUT2D eigenvalue weighted by atomic mass is 127. The van der Waals surface area contributed by atoms with Crippen LogP contribution in [-0.2, 0) is 13.0 Å². The zero-order chi connectivity index (χ0) is 19.2. The monoisotopic (exact) mass is 494 g/mol. The molecule has 0 saturated heterocycles. The summed E-state index contributed by atoms with van der Waals surface area (Å²) in [4.78, 5) is 7.58. The number of rotatable bonds is 6.